The molecule has 1 aromatic carbocycles. The number of hydrogen-bond donors (Lipinski definition) is 10. The van der Waals surface area contributed by atoms with E-state index in [9.17, 15) is 48.6 Å². The molecule has 0 spiro atoms. The zero-order valence-corrected chi connectivity index (χ0v) is 32.6. The number of aliphatic hydroxyl groups excluding tert-OH is 1. The Bertz CT molecular complexity index is 1740. The summed E-state index contributed by atoms with van der Waals surface area (Å²) in [5, 5.41) is 34.4. The largest absolute Gasteiger partial charge is 0.480 e. The minimum atomic E-state index is -1.63. The average Bonchev–Trinajstić information content (AvgIpc) is 3.52. The lowest BCUT2D eigenvalue weighted by atomic mass is 9.92. The first-order chi connectivity index (χ1) is 25.6. The molecule has 0 fully saturated rings. The van der Waals surface area contributed by atoms with Crippen molar-refractivity contribution in [3.8, 4) is 0 Å². The van der Waals surface area contributed by atoms with Crippen molar-refractivity contribution in [2.75, 3.05) is 0 Å². The highest BCUT2D eigenvalue weighted by atomic mass is 16.4. The number of aromatic nitrogens is 1. The number of fused-ring (bicyclic) bond motifs is 1. The van der Waals surface area contributed by atoms with E-state index in [0.29, 0.717) is 6.42 Å². The first kappa shape index (κ1) is 45.8. The topological polar surface area (TPSA) is 291 Å². The van der Waals surface area contributed by atoms with Gasteiger partial charge in [-0.15, -0.1) is 0 Å². The van der Waals surface area contributed by atoms with Crippen LogP contribution in [0.25, 0.3) is 10.9 Å². The van der Waals surface area contributed by atoms with Crippen LogP contribution in [0.2, 0.25) is 0 Å². The number of carboxylic acids is 1. The maximum absolute atomic E-state index is 13.6. The van der Waals surface area contributed by atoms with Crippen molar-refractivity contribution in [1.82, 2.24) is 36.9 Å². The highest BCUT2D eigenvalue weighted by Gasteiger charge is 2.41. The van der Waals surface area contributed by atoms with Crippen LogP contribution in [-0.4, -0.2) is 104 Å². The summed E-state index contributed by atoms with van der Waals surface area (Å²) in [6, 6.07) is 2.27. The Hall–Kier alpha value is -5.36. The molecule has 11 N–H and O–H groups in total. The number of H-pyrrole nitrogens is 1. The van der Waals surface area contributed by atoms with E-state index in [1.165, 1.54) is 27.7 Å². The van der Waals surface area contributed by atoms with Crippen molar-refractivity contribution in [3.63, 3.8) is 0 Å². The van der Waals surface area contributed by atoms with Gasteiger partial charge in [0.05, 0.1) is 12.1 Å². The lowest BCUT2D eigenvalue weighted by Crippen LogP contribution is -2.66. The highest BCUT2D eigenvalue weighted by molar-refractivity contribution is 6.03. The minimum Gasteiger partial charge on any atom is -0.480 e. The summed E-state index contributed by atoms with van der Waals surface area (Å²) in [5.74, 6) is -7.46. The Balaban J connectivity index is 2.12. The number of aromatic amines is 1. The van der Waals surface area contributed by atoms with Gasteiger partial charge in [0.25, 0.3) is 0 Å². The van der Waals surface area contributed by atoms with Crippen molar-refractivity contribution in [3.05, 3.63) is 36.0 Å². The summed E-state index contributed by atoms with van der Waals surface area (Å²) >= 11 is 0. The molecule has 1 heterocycles. The van der Waals surface area contributed by atoms with Crippen LogP contribution in [0.1, 0.15) is 86.6 Å². The summed E-state index contributed by atoms with van der Waals surface area (Å²) < 4.78 is 0. The fraction of sp³-hybridized carbons (Fsp3) is 0.568. The van der Waals surface area contributed by atoms with E-state index in [2.05, 4.69) is 36.9 Å². The zero-order chi connectivity index (χ0) is 41.8. The molecule has 2 rings (SSSR count). The number of carboxylic acid groups (broad SMARTS) is 1. The van der Waals surface area contributed by atoms with Gasteiger partial charge < -0.3 is 47.5 Å². The van der Waals surface area contributed by atoms with Crippen LogP contribution in [0.5, 0.6) is 0 Å². The Morgan fingerprint density at radius 3 is 2.05 bits per heavy atom. The molecule has 0 bridgehead atoms. The van der Waals surface area contributed by atoms with Crippen LogP contribution in [0.3, 0.4) is 0 Å². The molecule has 55 heavy (non-hydrogen) atoms. The van der Waals surface area contributed by atoms with Crippen LogP contribution in [0.4, 0.5) is 0 Å². The summed E-state index contributed by atoms with van der Waals surface area (Å²) in [7, 11) is 0. The number of nitrogens with two attached hydrogens (primary N) is 1. The molecule has 1 aromatic heterocycles. The SMILES string of the molecule is CC[C@H](C)[C@H](NC(=O)C(C)(C)NC(=O)[C@](C)(CC)NC(=O)[C@H](N)Cc1c[nH]c2ccccc12)C(=O)NC(=O)[C@H](CCC(=O)N[C@@H](C(=O)O)[C@H](C)O)NC(C)=O. The van der Waals surface area contributed by atoms with E-state index >= 15 is 0 Å². The Labute approximate surface area is 319 Å². The van der Waals surface area contributed by atoms with Gasteiger partial charge in [0.2, 0.25) is 41.4 Å². The lowest BCUT2D eigenvalue weighted by Gasteiger charge is -2.35. The fourth-order valence-corrected chi connectivity index (χ4v) is 5.51. The molecule has 0 saturated carbocycles. The quantitative estimate of drug-likeness (QED) is 0.0828. The van der Waals surface area contributed by atoms with Gasteiger partial charge in [0, 0.05) is 30.4 Å². The Kier molecular flexibility index (Phi) is 16.5. The first-order valence-corrected chi connectivity index (χ1v) is 18.1. The van der Waals surface area contributed by atoms with Crippen LogP contribution in [0, 0.1) is 5.92 Å². The maximum Gasteiger partial charge on any atom is 0.328 e. The molecule has 7 amide bonds. The van der Waals surface area contributed by atoms with Crippen molar-refractivity contribution in [2.45, 2.75) is 129 Å². The third-order valence-electron chi connectivity index (χ3n) is 9.50. The standard InChI is InChI=1S/C37H56N8O10/c1-9-19(3)28(32(51)43-31(50)26(40-21(5)47)15-16-27(48)41-29(20(4)46)33(52)53)42-34(54)36(6,7)45-35(55)37(8,10-2)44-30(49)24(38)17-22-18-39-25-14-12-11-13-23(22)25/h11-14,18-20,24,26,28-29,39,46H,9-10,15-17,38H2,1-8H3,(H,40,47)(H,41,48)(H,42,54)(H,44,49)(H,45,55)(H,52,53)(H,43,50,51)/t19-,20-,24+,26-,28-,29+,37-/m0/s1. The molecule has 0 radical (unpaired) electrons. The van der Waals surface area contributed by atoms with E-state index in [-0.39, 0.29) is 19.3 Å². The lowest BCUT2D eigenvalue weighted by molar-refractivity contribution is -0.145. The van der Waals surface area contributed by atoms with Crippen molar-refractivity contribution in [2.24, 2.45) is 11.7 Å². The molecule has 0 saturated heterocycles. The number of para-hydroxylation sites is 1. The van der Waals surface area contributed by atoms with Gasteiger partial charge in [-0.3, -0.25) is 38.9 Å². The second kappa shape index (κ2) is 19.8. The van der Waals surface area contributed by atoms with Gasteiger partial charge in [-0.25, -0.2) is 4.79 Å². The molecule has 0 aliphatic carbocycles. The first-order valence-electron chi connectivity index (χ1n) is 18.1. The van der Waals surface area contributed by atoms with Crippen molar-refractivity contribution >= 4 is 58.2 Å². The summed E-state index contributed by atoms with van der Waals surface area (Å²) in [6.07, 6.45) is 0.289. The van der Waals surface area contributed by atoms with Crippen molar-refractivity contribution < 1.29 is 48.6 Å². The molecule has 7 atom stereocenters. The van der Waals surface area contributed by atoms with Gasteiger partial charge in [0.15, 0.2) is 6.04 Å². The highest BCUT2D eigenvalue weighted by Crippen LogP contribution is 2.20. The third kappa shape index (κ3) is 12.9. The van der Waals surface area contributed by atoms with Gasteiger partial charge in [0.1, 0.15) is 23.2 Å². The Morgan fingerprint density at radius 1 is 0.855 bits per heavy atom. The van der Waals surface area contributed by atoms with E-state index in [0.717, 1.165) is 23.4 Å². The molecule has 0 aliphatic rings. The third-order valence-corrected chi connectivity index (χ3v) is 9.50. The number of benzene rings is 1. The van der Waals surface area contributed by atoms with Gasteiger partial charge >= 0.3 is 5.97 Å². The van der Waals surface area contributed by atoms with Crippen molar-refractivity contribution in [1.29, 1.82) is 0 Å². The van der Waals surface area contributed by atoms with Crippen LogP contribution in [0.15, 0.2) is 30.5 Å². The summed E-state index contributed by atoms with van der Waals surface area (Å²) in [4.78, 5) is 106. The normalized spacial score (nSPS) is 15.8. The number of hydrogen-bond acceptors (Lipinski definition) is 10. The molecule has 18 heteroatoms. The monoisotopic (exact) mass is 772 g/mol. The molecule has 2 aromatic rings. The molecule has 18 nitrogen and oxygen atoms in total. The molecular weight excluding hydrogens is 716 g/mol. The van der Waals surface area contributed by atoms with E-state index in [4.69, 9.17) is 5.73 Å². The number of aliphatic carboxylic acids is 1. The number of rotatable bonds is 20. The van der Waals surface area contributed by atoms with E-state index in [1.807, 2.05) is 24.3 Å². The van der Waals surface area contributed by atoms with E-state index < -0.39 is 101 Å². The maximum atomic E-state index is 13.6. The van der Waals surface area contributed by atoms with Crippen LogP contribution >= 0.6 is 0 Å². The van der Waals surface area contributed by atoms with Gasteiger partial charge in [-0.1, -0.05) is 45.4 Å². The molecular formula is C37H56N8O10. The molecule has 0 aliphatic heterocycles. The number of carbonyl (C=O) groups excluding carboxylic acids is 7. The zero-order valence-electron chi connectivity index (χ0n) is 32.6. The number of aliphatic hydroxyl groups is 1. The second-order valence-corrected chi connectivity index (χ2v) is 14.5. The number of carbonyl (C=O) groups is 8. The summed E-state index contributed by atoms with van der Waals surface area (Å²) in [5.41, 5.74) is 4.87. The minimum absolute atomic E-state index is 0.139. The fourth-order valence-electron chi connectivity index (χ4n) is 5.51. The van der Waals surface area contributed by atoms with Crippen LogP contribution < -0.4 is 37.6 Å². The molecule has 0 unspecified atom stereocenters. The van der Waals surface area contributed by atoms with Gasteiger partial charge in [-0.2, -0.15) is 0 Å². The van der Waals surface area contributed by atoms with Gasteiger partial charge in [-0.05, 0) is 64.5 Å². The van der Waals surface area contributed by atoms with Crippen LogP contribution in [-0.2, 0) is 44.8 Å². The second-order valence-electron chi connectivity index (χ2n) is 14.5. The number of nitrogens with one attached hydrogen (secondary N) is 7. The number of amides is 7. The van der Waals surface area contributed by atoms with E-state index in [1.54, 1.807) is 27.0 Å². The summed E-state index contributed by atoms with van der Waals surface area (Å²) in [6.45, 7) is 11.7. The molecule has 304 valence electrons. The number of imide groups is 1. The average molecular weight is 773 g/mol. The predicted octanol–water partition coefficient (Wildman–Crippen LogP) is -0.374. The smallest absolute Gasteiger partial charge is 0.328 e. The Morgan fingerprint density at radius 2 is 1.49 bits per heavy atom. The predicted molar refractivity (Wildman–Crippen MR) is 202 cm³/mol.